The summed E-state index contributed by atoms with van der Waals surface area (Å²) < 4.78 is 8.30. The quantitative estimate of drug-likeness (QED) is 0.876. The van der Waals surface area contributed by atoms with Crippen molar-refractivity contribution in [2.24, 2.45) is 0 Å². The topological polar surface area (TPSA) is 47.3 Å². The maximum atomic E-state index is 9.96. The first-order valence-corrected chi connectivity index (χ1v) is 7.73. The molecule has 0 unspecified atom stereocenters. The van der Waals surface area contributed by atoms with E-state index in [9.17, 15) is 5.11 Å². The molecule has 104 valence electrons. The molecular formula is C13H17BrN2O2S. The Morgan fingerprint density at radius 3 is 2.89 bits per heavy atom. The number of hydrogen-bond donors (Lipinski definition) is 1. The van der Waals surface area contributed by atoms with Gasteiger partial charge in [0, 0.05) is 10.6 Å². The predicted octanol–water partition coefficient (Wildman–Crippen LogP) is 2.90. The van der Waals surface area contributed by atoms with E-state index in [-0.39, 0.29) is 0 Å². The number of aliphatic hydroxyl groups is 1. The first-order valence-electron chi connectivity index (χ1n) is 6.05. The van der Waals surface area contributed by atoms with Crippen molar-refractivity contribution in [1.29, 1.82) is 0 Å². The van der Waals surface area contributed by atoms with Crippen LogP contribution in [0, 0.1) is 13.8 Å². The molecule has 0 saturated carbocycles. The summed E-state index contributed by atoms with van der Waals surface area (Å²) in [7, 11) is 0. The van der Waals surface area contributed by atoms with Crippen LogP contribution in [0.1, 0.15) is 16.3 Å². The first-order chi connectivity index (χ1) is 9.08. The van der Waals surface area contributed by atoms with Gasteiger partial charge >= 0.3 is 0 Å². The number of nitrogens with zero attached hydrogens (tertiary/aromatic N) is 2. The van der Waals surface area contributed by atoms with E-state index in [0.29, 0.717) is 19.8 Å². The van der Waals surface area contributed by atoms with Crippen LogP contribution in [0.5, 0.6) is 0 Å². The van der Waals surface area contributed by atoms with Gasteiger partial charge < -0.3 is 9.84 Å². The zero-order valence-corrected chi connectivity index (χ0v) is 13.4. The number of halogens is 1. The van der Waals surface area contributed by atoms with Crippen molar-refractivity contribution >= 4 is 27.3 Å². The average molecular weight is 345 g/mol. The molecular weight excluding hydrogens is 328 g/mol. The molecule has 2 heterocycles. The maximum Gasteiger partial charge on any atom is 0.0969 e. The van der Waals surface area contributed by atoms with Crippen LogP contribution >= 0.6 is 27.3 Å². The lowest BCUT2D eigenvalue weighted by atomic mass is 10.3. The first kappa shape index (κ1) is 14.7. The minimum atomic E-state index is -0.551. The predicted molar refractivity (Wildman–Crippen MR) is 79.4 cm³/mol. The van der Waals surface area contributed by atoms with E-state index in [2.05, 4.69) is 21.0 Å². The fourth-order valence-electron chi connectivity index (χ4n) is 1.80. The third-order valence-corrected chi connectivity index (χ3v) is 4.81. The van der Waals surface area contributed by atoms with Gasteiger partial charge in [0.1, 0.15) is 0 Å². The second-order valence-corrected chi connectivity index (χ2v) is 6.24. The van der Waals surface area contributed by atoms with Gasteiger partial charge in [-0.15, -0.1) is 11.3 Å². The molecule has 4 nitrogen and oxygen atoms in total. The van der Waals surface area contributed by atoms with Crippen LogP contribution < -0.4 is 0 Å². The second-order valence-electron chi connectivity index (χ2n) is 4.42. The molecule has 2 aromatic rings. The highest BCUT2D eigenvalue weighted by atomic mass is 79.9. The molecule has 0 aromatic carbocycles. The van der Waals surface area contributed by atoms with E-state index in [0.717, 1.165) is 15.9 Å². The largest absolute Gasteiger partial charge is 0.389 e. The lowest BCUT2D eigenvalue weighted by Gasteiger charge is -2.12. The van der Waals surface area contributed by atoms with Gasteiger partial charge in [0.05, 0.1) is 36.0 Å². The Balaban J connectivity index is 1.80. The molecule has 0 amide bonds. The normalized spacial score (nSPS) is 12.8. The van der Waals surface area contributed by atoms with Crippen LogP contribution in [-0.4, -0.2) is 27.6 Å². The molecule has 0 spiro atoms. The number of aromatic nitrogens is 2. The number of thiophene rings is 1. The Kier molecular flexibility index (Phi) is 5.15. The third kappa shape index (κ3) is 3.89. The lowest BCUT2D eigenvalue weighted by Crippen LogP contribution is -2.23. The summed E-state index contributed by atoms with van der Waals surface area (Å²) in [4.78, 5) is 1.17. The molecule has 0 aliphatic carbocycles. The van der Waals surface area contributed by atoms with Crippen LogP contribution in [0.3, 0.4) is 0 Å². The summed E-state index contributed by atoms with van der Waals surface area (Å²) >= 11 is 5.13. The SMILES string of the molecule is Cc1nn(C[C@@H](O)COCc2cccs2)c(C)c1Br. The average Bonchev–Trinajstić information content (AvgIpc) is 2.96. The van der Waals surface area contributed by atoms with Crippen LogP contribution in [0.4, 0.5) is 0 Å². The van der Waals surface area contributed by atoms with Gasteiger partial charge in [0.15, 0.2) is 0 Å². The minimum Gasteiger partial charge on any atom is -0.389 e. The van der Waals surface area contributed by atoms with Gasteiger partial charge in [-0.25, -0.2) is 0 Å². The zero-order valence-electron chi connectivity index (χ0n) is 11.0. The Hall–Kier alpha value is -0.690. The van der Waals surface area contributed by atoms with Crippen molar-refractivity contribution in [3.8, 4) is 0 Å². The Labute approximate surface area is 125 Å². The summed E-state index contributed by atoms with van der Waals surface area (Å²) in [6.07, 6.45) is -0.551. The molecule has 0 bridgehead atoms. The van der Waals surface area contributed by atoms with Crippen molar-refractivity contribution in [2.45, 2.75) is 33.1 Å². The van der Waals surface area contributed by atoms with Gasteiger partial charge in [-0.1, -0.05) is 6.07 Å². The Morgan fingerprint density at radius 2 is 2.32 bits per heavy atom. The van der Waals surface area contributed by atoms with Crippen LogP contribution in [-0.2, 0) is 17.9 Å². The van der Waals surface area contributed by atoms with Gasteiger partial charge in [-0.2, -0.15) is 5.10 Å². The number of ether oxygens (including phenoxy) is 1. The van der Waals surface area contributed by atoms with E-state index < -0.39 is 6.10 Å². The van der Waals surface area contributed by atoms with Crippen molar-refractivity contribution in [2.75, 3.05) is 6.61 Å². The van der Waals surface area contributed by atoms with Gasteiger partial charge in [-0.3, -0.25) is 4.68 Å². The standard InChI is InChI=1S/C13H17BrN2O2S/c1-9-13(14)10(2)16(15-9)6-11(17)7-18-8-12-4-3-5-19-12/h3-5,11,17H,6-8H2,1-2H3/t11-/m1/s1. The zero-order chi connectivity index (χ0) is 13.8. The van der Waals surface area contributed by atoms with Crippen LogP contribution in [0.25, 0.3) is 0 Å². The molecule has 0 saturated heterocycles. The van der Waals surface area contributed by atoms with E-state index in [1.807, 2.05) is 31.4 Å². The number of aryl methyl sites for hydroxylation is 1. The fraction of sp³-hybridized carbons (Fsp3) is 0.462. The van der Waals surface area contributed by atoms with E-state index >= 15 is 0 Å². The molecule has 1 N–H and O–H groups in total. The second kappa shape index (κ2) is 6.65. The highest BCUT2D eigenvalue weighted by Crippen LogP contribution is 2.20. The highest BCUT2D eigenvalue weighted by molar-refractivity contribution is 9.10. The Morgan fingerprint density at radius 1 is 1.53 bits per heavy atom. The Bertz CT molecular complexity index is 525. The van der Waals surface area contributed by atoms with Gasteiger partial charge in [0.25, 0.3) is 0 Å². The number of aliphatic hydroxyl groups excluding tert-OH is 1. The molecule has 19 heavy (non-hydrogen) atoms. The van der Waals surface area contributed by atoms with Crippen molar-refractivity contribution in [3.63, 3.8) is 0 Å². The van der Waals surface area contributed by atoms with Crippen molar-refractivity contribution in [3.05, 3.63) is 38.3 Å². The van der Waals surface area contributed by atoms with Crippen molar-refractivity contribution in [1.82, 2.24) is 9.78 Å². The number of hydrogen-bond acceptors (Lipinski definition) is 4. The summed E-state index contributed by atoms with van der Waals surface area (Å²) in [6, 6.07) is 4.02. The fourth-order valence-corrected chi connectivity index (χ4v) is 2.72. The molecule has 2 rings (SSSR count). The monoisotopic (exact) mass is 344 g/mol. The molecule has 1 atom stereocenters. The number of rotatable bonds is 6. The van der Waals surface area contributed by atoms with Gasteiger partial charge in [-0.05, 0) is 41.2 Å². The molecule has 0 aliphatic rings. The molecule has 2 aromatic heterocycles. The van der Waals surface area contributed by atoms with Crippen molar-refractivity contribution < 1.29 is 9.84 Å². The van der Waals surface area contributed by atoms with E-state index in [4.69, 9.17) is 4.74 Å². The molecule has 0 fully saturated rings. The molecule has 0 radical (unpaired) electrons. The maximum absolute atomic E-state index is 9.96. The summed E-state index contributed by atoms with van der Waals surface area (Å²) in [6.45, 7) is 5.22. The lowest BCUT2D eigenvalue weighted by molar-refractivity contribution is 0.0193. The van der Waals surface area contributed by atoms with E-state index in [1.165, 1.54) is 4.88 Å². The van der Waals surface area contributed by atoms with Gasteiger partial charge in [0.2, 0.25) is 0 Å². The molecule has 6 heteroatoms. The summed E-state index contributed by atoms with van der Waals surface area (Å²) in [5.41, 5.74) is 1.96. The highest BCUT2D eigenvalue weighted by Gasteiger charge is 2.12. The third-order valence-electron chi connectivity index (χ3n) is 2.81. The summed E-state index contributed by atoms with van der Waals surface area (Å²) in [5.74, 6) is 0. The minimum absolute atomic E-state index is 0.313. The van der Waals surface area contributed by atoms with Crippen LogP contribution in [0.15, 0.2) is 22.0 Å². The van der Waals surface area contributed by atoms with E-state index in [1.54, 1.807) is 16.0 Å². The smallest absolute Gasteiger partial charge is 0.0969 e. The summed E-state index contributed by atoms with van der Waals surface area (Å²) in [5, 5.41) is 16.3. The molecule has 0 aliphatic heterocycles. The van der Waals surface area contributed by atoms with Crippen LogP contribution in [0.2, 0.25) is 0 Å².